The third-order valence-corrected chi connectivity index (χ3v) is 15.5. The van der Waals surface area contributed by atoms with Crippen LogP contribution in [0.1, 0.15) is 122 Å². The van der Waals surface area contributed by atoms with E-state index < -0.39 is 12.1 Å². The van der Waals surface area contributed by atoms with Gasteiger partial charge in [-0.25, -0.2) is 19.6 Å². The molecule has 4 aliphatic heterocycles. The molecule has 1 aliphatic carbocycles. The first-order valence-electron chi connectivity index (χ1n) is 25.5. The maximum Gasteiger partial charge on any atom is 0.318 e. The molecule has 4 saturated heterocycles. The van der Waals surface area contributed by atoms with Gasteiger partial charge in [-0.15, -0.1) is 0 Å². The van der Waals surface area contributed by atoms with Gasteiger partial charge in [-0.05, 0) is 93.6 Å². The molecule has 3 N–H and O–H groups in total. The second kappa shape index (κ2) is 21.2. The van der Waals surface area contributed by atoms with Gasteiger partial charge in [-0.1, -0.05) is 84.9 Å². The zero-order valence-electron chi connectivity index (χ0n) is 40.5. The largest absolute Gasteiger partial charge is 0.443 e. The summed E-state index contributed by atoms with van der Waals surface area (Å²) in [4.78, 5) is 80.6. The van der Waals surface area contributed by atoms with Crippen molar-refractivity contribution >= 4 is 23.9 Å². The van der Waals surface area contributed by atoms with Crippen molar-refractivity contribution in [2.75, 3.05) is 79.5 Å². The van der Waals surface area contributed by atoms with Crippen LogP contribution in [0.15, 0.2) is 102 Å². The van der Waals surface area contributed by atoms with Crippen LogP contribution < -0.4 is 10.6 Å². The van der Waals surface area contributed by atoms with E-state index in [1.165, 1.54) is 5.56 Å². The fraction of sp³-hybridized carbons (Fsp3) is 0.481. The number of benzene rings is 3. The molecule has 6 heterocycles. The predicted molar refractivity (Wildman–Crippen MR) is 265 cm³/mol. The van der Waals surface area contributed by atoms with E-state index in [-0.39, 0.29) is 41.9 Å². The average Bonchev–Trinajstić information content (AvgIpc) is 4.26. The topological polar surface area (TPSA) is 166 Å². The van der Waals surface area contributed by atoms with Crippen molar-refractivity contribution in [1.82, 2.24) is 55.0 Å². The summed E-state index contributed by atoms with van der Waals surface area (Å²) in [5, 5.41) is 6.18. The van der Waals surface area contributed by atoms with Gasteiger partial charge >= 0.3 is 12.1 Å². The van der Waals surface area contributed by atoms with E-state index in [9.17, 15) is 19.2 Å². The minimum absolute atomic E-state index is 0.124. The lowest BCUT2D eigenvalue weighted by Gasteiger charge is -2.34. The highest BCUT2D eigenvalue weighted by Crippen LogP contribution is 2.43. The fourth-order valence-corrected chi connectivity index (χ4v) is 11.2. The van der Waals surface area contributed by atoms with Crippen molar-refractivity contribution < 1.29 is 23.6 Å². The molecule has 2 aromatic heterocycles. The maximum atomic E-state index is 14.4. The highest BCUT2D eigenvalue weighted by molar-refractivity contribution is 5.89. The fourth-order valence-electron chi connectivity index (χ4n) is 11.2. The van der Waals surface area contributed by atoms with Crippen LogP contribution in [0, 0.1) is 0 Å². The number of aromatic nitrogens is 3. The third-order valence-electron chi connectivity index (χ3n) is 15.5. The Labute approximate surface area is 410 Å². The third kappa shape index (κ3) is 10.3. The van der Waals surface area contributed by atoms with Gasteiger partial charge in [-0.2, -0.15) is 0 Å². The van der Waals surface area contributed by atoms with Gasteiger partial charge in [0.1, 0.15) is 29.7 Å². The van der Waals surface area contributed by atoms with Gasteiger partial charge in [0.2, 0.25) is 11.8 Å². The van der Waals surface area contributed by atoms with Crippen LogP contribution in [0.25, 0.3) is 11.3 Å². The molecule has 0 bridgehead atoms. The highest BCUT2D eigenvalue weighted by Gasteiger charge is 2.40. The zero-order chi connectivity index (χ0) is 48.1. The SMILES string of the molecule is CN1CCN(C(=O)N[C@@H](C(=O)N2CCC[C@H]2c2ncc(-c3ccc(C4CCC(c5cnc([C@@H]6CCCN6C(=O)[C@H](NC(=O)N6CCN(C)CC6)c6ccccc6)o5)CC4)cc3)[nH]2)c2ccccc2)CC1. The summed E-state index contributed by atoms with van der Waals surface area (Å²) in [5.74, 6) is 2.63. The first kappa shape index (κ1) is 47.2. The number of urea groups is 2. The van der Waals surface area contributed by atoms with E-state index in [4.69, 9.17) is 14.4 Å². The van der Waals surface area contributed by atoms with E-state index in [1.807, 2.05) is 82.9 Å². The normalized spacial score (nSPS) is 23.3. The lowest BCUT2D eigenvalue weighted by atomic mass is 9.78. The van der Waals surface area contributed by atoms with Crippen molar-refractivity contribution in [3.63, 3.8) is 0 Å². The summed E-state index contributed by atoms with van der Waals surface area (Å²) in [5.41, 5.74) is 4.78. The van der Waals surface area contributed by atoms with Gasteiger partial charge in [0.15, 0.2) is 0 Å². The molecular formula is C54H67N11O5. The molecule has 0 radical (unpaired) electrons. The Hall–Kier alpha value is -6.52. The number of oxazole rings is 1. The molecular weight excluding hydrogens is 883 g/mol. The number of nitrogens with zero attached hydrogens (tertiary/aromatic N) is 8. The van der Waals surface area contributed by atoms with Crippen molar-refractivity contribution in [3.05, 3.63) is 131 Å². The number of piperazine rings is 2. The van der Waals surface area contributed by atoms with E-state index in [0.717, 1.165) is 112 Å². The minimum Gasteiger partial charge on any atom is -0.443 e. The number of rotatable bonds is 11. The van der Waals surface area contributed by atoms with Gasteiger partial charge < -0.3 is 49.4 Å². The molecule has 5 fully saturated rings. The first-order chi connectivity index (χ1) is 34.2. The Kier molecular flexibility index (Phi) is 14.3. The molecule has 70 heavy (non-hydrogen) atoms. The molecule has 368 valence electrons. The standard InChI is InChI=1S/C54H67N11O5/c1-60-27-31-62(32-28-60)53(68)58-47(41-11-5-3-6-12-41)51(66)64-25-9-15-44(64)49-55-35-43(57-49)39-21-17-37(18-22-39)38-19-23-40(24-20-38)46-36-56-50(70-46)45-16-10-26-65(45)52(67)48(42-13-7-4-8-14-42)59-54(69)63-33-29-61(2)30-34-63/h3-8,11-14,17-18,21-22,35-36,38,40,44-45,47-48H,9-10,15-16,19-20,23-34H2,1-2H3,(H,55,57)(H,58,68)(H,59,69)/t38?,40?,44-,45-,47+,48+/m0/s1. The summed E-state index contributed by atoms with van der Waals surface area (Å²) in [6.45, 7) is 6.86. The number of likely N-dealkylation sites (N-methyl/N-ethyl adjacent to an activating group) is 2. The van der Waals surface area contributed by atoms with Crippen LogP contribution in [0.3, 0.4) is 0 Å². The number of aromatic amines is 1. The summed E-state index contributed by atoms with van der Waals surface area (Å²) in [6.07, 6.45) is 11.0. The number of carbonyl (C=O) groups is 4. The molecule has 1 saturated carbocycles. The van der Waals surface area contributed by atoms with Crippen LogP contribution in [0.5, 0.6) is 0 Å². The first-order valence-corrected chi connectivity index (χ1v) is 25.5. The summed E-state index contributed by atoms with van der Waals surface area (Å²) >= 11 is 0. The van der Waals surface area contributed by atoms with E-state index >= 15 is 0 Å². The van der Waals surface area contributed by atoms with Crippen LogP contribution in [-0.4, -0.2) is 148 Å². The van der Waals surface area contributed by atoms with Crippen molar-refractivity contribution in [2.24, 2.45) is 0 Å². The lowest BCUT2D eigenvalue weighted by Crippen LogP contribution is -2.53. The van der Waals surface area contributed by atoms with Gasteiger partial charge in [0.25, 0.3) is 5.91 Å². The average molecular weight is 950 g/mol. The number of hydrogen-bond donors (Lipinski definition) is 3. The maximum absolute atomic E-state index is 14.4. The number of hydrogen-bond acceptors (Lipinski definition) is 9. The number of H-pyrrole nitrogens is 1. The Morgan fingerprint density at radius 1 is 0.571 bits per heavy atom. The number of imidazole rings is 1. The van der Waals surface area contributed by atoms with E-state index in [2.05, 4.69) is 63.8 Å². The molecule has 5 aliphatic rings. The minimum atomic E-state index is -0.807. The van der Waals surface area contributed by atoms with E-state index in [0.29, 0.717) is 51.1 Å². The second-order valence-electron chi connectivity index (χ2n) is 20.0. The van der Waals surface area contributed by atoms with Gasteiger partial charge in [-0.3, -0.25) is 9.59 Å². The summed E-state index contributed by atoms with van der Waals surface area (Å²) < 4.78 is 6.54. The van der Waals surface area contributed by atoms with Crippen molar-refractivity contribution in [3.8, 4) is 11.3 Å². The smallest absolute Gasteiger partial charge is 0.318 e. The quantitative estimate of drug-likeness (QED) is 0.124. The Balaban J connectivity index is 0.748. The zero-order valence-corrected chi connectivity index (χ0v) is 40.5. The van der Waals surface area contributed by atoms with Crippen LogP contribution >= 0.6 is 0 Å². The summed E-state index contributed by atoms with van der Waals surface area (Å²) in [7, 11) is 4.11. The molecule has 6 amide bonds. The molecule has 4 atom stereocenters. The molecule has 16 nitrogen and oxygen atoms in total. The summed E-state index contributed by atoms with van der Waals surface area (Å²) in [6, 6.07) is 25.3. The molecule has 3 aromatic carbocycles. The highest BCUT2D eigenvalue weighted by atomic mass is 16.4. The molecule has 0 unspecified atom stereocenters. The Morgan fingerprint density at radius 2 is 1.07 bits per heavy atom. The Morgan fingerprint density at radius 3 is 1.61 bits per heavy atom. The molecule has 5 aromatic rings. The van der Waals surface area contributed by atoms with Gasteiger partial charge in [0, 0.05) is 71.4 Å². The van der Waals surface area contributed by atoms with Crippen LogP contribution in [0.4, 0.5) is 9.59 Å². The number of nitrogens with one attached hydrogen (secondary N) is 3. The monoisotopic (exact) mass is 950 g/mol. The van der Waals surface area contributed by atoms with Crippen LogP contribution in [0.2, 0.25) is 0 Å². The number of likely N-dealkylation sites (tertiary alicyclic amines) is 2. The van der Waals surface area contributed by atoms with Crippen LogP contribution in [-0.2, 0) is 9.59 Å². The van der Waals surface area contributed by atoms with E-state index in [1.54, 1.807) is 9.80 Å². The predicted octanol–water partition coefficient (Wildman–Crippen LogP) is 7.23. The Bertz CT molecular complexity index is 2560. The molecule has 10 rings (SSSR count). The second-order valence-corrected chi connectivity index (χ2v) is 20.0. The molecule has 0 spiro atoms. The number of carbonyl (C=O) groups excluding carboxylic acids is 4. The van der Waals surface area contributed by atoms with Crippen molar-refractivity contribution in [1.29, 1.82) is 0 Å². The van der Waals surface area contributed by atoms with Gasteiger partial charge in [0.05, 0.1) is 24.1 Å². The number of amides is 6. The van der Waals surface area contributed by atoms with Crippen molar-refractivity contribution in [2.45, 2.75) is 87.4 Å². The lowest BCUT2D eigenvalue weighted by molar-refractivity contribution is -0.135. The molecule has 16 heteroatoms.